The number of ether oxygens (including phenoxy) is 1. The fourth-order valence-corrected chi connectivity index (χ4v) is 4.54. The maximum Gasteiger partial charge on any atom is 0.229 e. The van der Waals surface area contributed by atoms with Crippen molar-refractivity contribution >= 4 is 17.3 Å². The smallest absolute Gasteiger partial charge is 0.229 e. The van der Waals surface area contributed by atoms with Crippen molar-refractivity contribution in [3.05, 3.63) is 88.1 Å². The number of ketones is 3. The third kappa shape index (κ3) is 2.61. The Labute approximate surface area is 168 Å². The Kier molecular flexibility index (Phi) is 3.72. The molecule has 1 unspecified atom stereocenters. The SMILES string of the molecule is CC1(C)CC(=O)C2=C(C1)OC1=C(C(=O)c3ccccc3C1=O)C2c1ccccn1. The third-order valence-corrected chi connectivity index (χ3v) is 5.78. The van der Waals surface area contributed by atoms with E-state index in [0.717, 1.165) is 0 Å². The highest BCUT2D eigenvalue weighted by atomic mass is 16.5. The molecule has 2 heterocycles. The lowest BCUT2D eigenvalue weighted by Crippen LogP contribution is -2.37. The number of fused-ring (bicyclic) bond motifs is 1. The van der Waals surface area contributed by atoms with Crippen molar-refractivity contribution in [1.82, 2.24) is 4.98 Å². The minimum Gasteiger partial charge on any atom is -0.457 e. The molecule has 0 amide bonds. The molecule has 2 aliphatic carbocycles. The Bertz CT molecular complexity index is 1150. The van der Waals surface area contributed by atoms with E-state index in [1.165, 1.54) is 0 Å². The Morgan fingerprint density at radius 2 is 1.59 bits per heavy atom. The molecule has 0 saturated carbocycles. The lowest BCUT2D eigenvalue weighted by molar-refractivity contribution is -0.119. The zero-order chi connectivity index (χ0) is 20.3. The molecule has 1 aromatic carbocycles. The maximum atomic E-state index is 13.4. The summed E-state index contributed by atoms with van der Waals surface area (Å²) in [6.45, 7) is 4.00. The predicted molar refractivity (Wildman–Crippen MR) is 105 cm³/mol. The number of benzene rings is 1. The van der Waals surface area contributed by atoms with Gasteiger partial charge in [-0.25, -0.2) is 0 Å². The van der Waals surface area contributed by atoms with Crippen LogP contribution in [0.5, 0.6) is 0 Å². The monoisotopic (exact) mass is 385 g/mol. The Hall–Kier alpha value is -3.34. The first-order valence-corrected chi connectivity index (χ1v) is 9.65. The number of carbonyl (C=O) groups is 3. The van der Waals surface area contributed by atoms with Crippen LogP contribution in [0.2, 0.25) is 0 Å². The predicted octanol–water partition coefficient (Wildman–Crippen LogP) is 4.17. The van der Waals surface area contributed by atoms with Crippen LogP contribution in [-0.4, -0.2) is 22.3 Å². The lowest BCUT2D eigenvalue weighted by atomic mass is 9.68. The number of carbonyl (C=O) groups excluding carboxylic acids is 3. The minimum atomic E-state index is -0.691. The number of rotatable bonds is 1. The highest BCUT2D eigenvalue weighted by Crippen LogP contribution is 2.50. The molecule has 29 heavy (non-hydrogen) atoms. The van der Waals surface area contributed by atoms with Gasteiger partial charge in [-0.15, -0.1) is 0 Å². The number of nitrogens with zero attached hydrogens (tertiary/aromatic N) is 1. The van der Waals surface area contributed by atoms with E-state index in [0.29, 0.717) is 41.0 Å². The van der Waals surface area contributed by atoms with Gasteiger partial charge in [0, 0.05) is 35.7 Å². The summed E-state index contributed by atoms with van der Waals surface area (Å²) in [7, 11) is 0. The summed E-state index contributed by atoms with van der Waals surface area (Å²) in [5, 5.41) is 0. The van der Waals surface area contributed by atoms with Crippen LogP contribution < -0.4 is 0 Å². The van der Waals surface area contributed by atoms with E-state index < -0.39 is 5.92 Å². The molecule has 5 rings (SSSR count). The molecular formula is C24H19NO4. The van der Waals surface area contributed by atoms with Crippen LogP contribution in [0, 0.1) is 5.41 Å². The molecule has 0 saturated heterocycles. The molecule has 1 atom stereocenters. The molecule has 2 aromatic rings. The van der Waals surface area contributed by atoms with Gasteiger partial charge in [-0.1, -0.05) is 44.2 Å². The molecule has 5 nitrogen and oxygen atoms in total. The molecule has 5 heteroatoms. The number of pyridine rings is 1. The first-order chi connectivity index (χ1) is 13.9. The third-order valence-electron chi connectivity index (χ3n) is 5.78. The van der Waals surface area contributed by atoms with Crippen molar-refractivity contribution in [3.63, 3.8) is 0 Å². The van der Waals surface area contributed by atoms with E-state index in [9.17, 15) is 14.4 Å². The molecular weight excluding hydrogens is 366 g/mol. The summed E-state index contributed by atoms with van der Waals surface area (Å²) in [5.41, 5.74) is 1.66. The van der Waals surface area contributed by atoms with E-state index in [1.807, 2.05) is 19.9 Å². The Morgan fingerprint density at radius 1 is 0.897 bits per heavy atom. The van der Waals surface area contributed by atoms with Crippen LogP contribution >= 0.6 is 0 Å². The number of hydrogen-bond donors (Lipinski definition) is 0. The largest absolute Gasteiger partial charge is 0.457 e. The van der Waals surface area contributed by atoms with E-state index in [2.05, 4.69) is 4.98 Å². The normalized spacial score (nSPS) is 22.7. The van der Waals surface area contributed by atoms with Gasteiger partial charge >= 0.3 is 0 Å². The van der Waals surface area contributed by atoms with Crippen molar-refractivity contribution in [2.45, 2.75) is 32.6 Å². The van der Waals surface area contributed by atoms with Crippen LogP contribution in [0.3, 0.4) is 0 Å². The summed E-state index contributed by atoms with van der Waals surface area (Å²) in [6, 6.07) is 12.1. The molecule has 3 aliphatic rings. The van der Waals surface area contributed by atoms with Gasteiger partial charge in [0.05, 0.1) is 17.2 Å². The second-order valence-corrected chi connectivity index (χ2v) is 8.51. The lowest BCUT2D eigenvalue weighted by Gasteiger charge is -2.39. The number of Topliss-reactive ketones (excluding diaryl/α,β-unsaturated/α-hetero) is 3. The standard InChI is InChI=1S/C24H19NO4/c1-24(2)11-16(26)19-17(12-24)29-23-20(18(19)15-9-5-6-10-25-15)21(27)13-7-3-4-8-14(13)22(23)28/h3-10,18H,11-12H2,1-2H3. The van der Waals surface area contributed by atoms with Crippen LogP contribution in [-0.2, 0) is 9.53 Å². The second kappa shape index (κ2) is 6.08. The second-order valence-electron chi connectivity index (χ2n) is 8.51. The summed E-state index contributed by atoms with van der Waals surface area (Å²) in [6.07, 6.45) is 2.52. The van der Waals surface area contributed by atoms with Gasteiger partial charge in [-0.3, -0.25) is 19.4 Å². The first kappa shape index (κ1) is 17.7. The van der Waals surface area contributed by atoms with Crippen LogP contribution in [0.15, 0.2) is 71.3 Å². The molecule has 0 spiro atoms. The van der Waals surface area contributed by atoms with Gasteiger partial charge in [0.2, 0.25) is 5.78 Å². The van der Waals surface area contributed by atoms with Gasteiger partial charge in [0.1, 0.15) is 5.76 Å². The van der Waals surface area contributed by atoms with Gasteiger partial charge in [-0.2, -0.15) is 0 Å². The molecule has 0 fully saturated rings. The van der Waals surface area contributed by atoms with Crippen molar-refractivity contribution in [2.24, 2.45) is 5.41 Å². The zero-order valence-corrected chi connectivity index (χ0v) is 16.2. The van der Waals surface area contributed by atoms with E-state index in [4.69, 9.17) is 4.74 Å². The first-order valence-electron chi connectivity index (χ1n) is 9.65. The van der Waals surface area contributed by atoms with Crippen LogP contribution in [0.1, 0.15) is 59.0 Å². The van der Waals surface area contributed by atoms with E-state index in [-0.39, 0.29) is 34.1 Å². The maximum absolute atomic E-state index is 13.4. The van der Waals surface area contributed by atoms with E-state index >= 15 is 0 Å². The van der Waals surface area contributed by atoms with Gasteiger partial charge in [-0.05, 0) is 17.5 Å². The highest BCUT2D eigenvalue weighted by molar-refractivity contribution is 6.27. The van der Waals surface area contributed by atoms with Crippen LogP contribution in [0.25, 0.3) is 0 Å². The zero-order valence-electron chi connectivity index (χ0n) is 16.2. The molecule has 0 N–H and O–H groups in total. The summed E-state index contributed by atoms with van der Waals surface area (Å²) >= 11 is 0. The molecule has 1 aromatic heterocycles. The number of hydrogen-bond acceptors (Lipinski definition) is 5. The van der Waals surface area contributed by atoms with Crippen molar-refractivity contribution in [1.29, 1.82) is 0 Å². The fraction of sp³-hybridized carbons (Fsp3) is 0.250. The van der Waals surface area contributed by atoms with Crippen molar-refractivity contribution < 1.29 is 19.1 Å². The average Bonchev–Trinajstić information content (AvgIpc) is 2.70. The molecule has 1 aliphatic heterocycles. The molecule has 144 valence electrons. The van der Waals surface area contributed by atoms with Gasteiger partial charge in [0.25, 0.3) is 0 Å². The van der Waals surface area contributed by atoms with Crippen LogP contribution in [0.4, 0.5) is 0 Å². The Balaban J connectivity index is 1.76. The summed E-state index contributed by atoms with van der Waals surface area (Å²) < 4.78 is 6.03. The number of aromatic nitrogens is 1. The average molecular weight is 385 g/mol. The summed E-state index contributed by atoms with van der Waals surface area (Å²) in [4.78, 5) is 44.2. The number of allylic oxidation sites excluding steroid dienone is 4. The van der Waals surface area contributed by atoms with Crippen molar-refractivity contribution in [2.75, 3.05) is 0 Å². The minimum absolute atomic E-state index is 0.0357. The fourth-order valence-electron chi connectivity index (χ4n) is 4.54. The van der Waals surface area contributed by atoms with Gasteiger partial charge < -0.3 is 4.74 Å². The van der Waals surface area contributed by atoms with Gasteiger partial charge in [0.15, 0.2) is 17.3 Å². The van der Waals surface area contributed by atoms with Crippen molar-refractivity contribution in [3.8, 4) is 0 Å². The Morgan fingerprint density at radius 3 is 2.28 bits per heavy atom. The quantitative estimate of drug-likeness (QED) is 0.737. The summed E-state index contributed by atoms with van der Waals surface area (Å²) in [5.74, 6) is -0.829. The van der Waals surface area contributed by atoms with E-state index in [1.54, 1.807) is 42.6 Å². The molecule has 0 bridgehead atoms. The topological polar surface area (TPSA) is 73.3 Å². The highest BCUT2D eigenvalue weighted by Gasteiger charge is 2.48. The molecule has 0 radical (unpaired) electrons.